The number of carbonyl (C=O) groups excluding carboxylic acids is 1. The first-order valence-corrected chi connectivity index (χ1v) is 6.35. The fraction of sp³-hybridized carbons (Fsp3) is 0.286. The molecule has 0 saturated carbocycles. The van der Waals surface area contributed by atoms with Gasteiger partial charge in [0, 0.05) is 24.8 Å². The van der Waals surface area contributed by atoms with Crippen LogP contribution >= 0.6 is 0 Å². The van der Waals surface area contributed by atoms with E-state index in [0.717, 1.165) is 0 Å². The van der Waals surface area contributed by atoms with Crippen molar-refractivity contribution < 1.29 is 9.53 Å². The van der Waals surface area contributed by atoms with Crippen molar-refractivity contribution in [3.05, 3.63) is 36.2 Å². The van der Waals surface area contributed by atoms with Gasteiger partial charge in [0.1, 0.15) is 5.75 Å². The summed E-state index contributed by atoms with van der Waals surface area (Å²) < 4.78 is 7.50. The summed E-state index contributed by atoms with van der Waals surface area (Å²) >= 11 is 0. The second kappa shape index (κ2) is 5.64. The van der Waals surface area contributed by atoms with E-state index in [9.17, 15) is 4.79 Å². The number of benzene rings is 1. The van der Waals surface area contributed by atoms with Crippen molar-refractivity contribution in [2.24, 2.45) is 0 Å². The van der Waals surface area contributed by atoms with Gasteiger partial charge in [-0.05, 0) is 26.0 Å². The number of rotatable bonds is 4. The van der Waals surface area contributed by atoms with E-state index < -0.39 is 0 Å². The van der Waals surface area contributed by atoms with E-state index in [1.807, 2.05) is 13.8 Å². The number of nitrogens with zero attached hydrogens (tertiary/aromatic N) is 2. The van der Waals surface area contributed by atoms with Gasteiger partial charge in [-0.15, -0.1) is 0 Å². The maximum Gasteiger partial charge on any atom is 0.254 e. The third kappa shape index (κ3) is 2.90. The Balaban J connectivity index is 2.31. The minimum Gasteiger partial charge on any atom is -0.453 e. The molecule has 0 spiro atoms. The van der Waals surface area contributed by atoms with Crippen LogP contribution in [0.25, 0.3) is 0 Å². The molecule has 0 saturated heterocycles. The summed E-state index contributed by atoms with van der Waals surface area (Å²) in [6.07, 6.45) is 3.39. The highest BCUT2D eigenvalue weighted by atomic mass is 16.5. The first-order valence-electron chi connectivity index (χ1n) is 6.35. The zero-order chi connectivity index (χ0) is 14.7. The Labute approximate surface area is 117 Å². The smallest absolute Gasteiger partial charge is 0.254 e. The second-order valence-electron chi connectivity index (χ2n) is 4.69. The van der Waals surface area contributed by atoms with Gasteiger partial charge in [0.25, 0.3) is 5.91 Å². The highest BCUT2D eigenvalue weighted by molar-refractivity contribution is 5.97. The largest absolute Gasteiger partial charge is 0.453 e. The molecule has 0 fully saturated rings. The molecule has 1 aromatic heterocycles. The molecule has 0 unspecified atom stereocenters. The van der Waals surface area contributed by atoms with Gasteiger partial charge >= 0.3 is 0 Å². The van der Waals surface area contributed by atoms with Gasteiger partial charge in [-0.3, -0.25) is 9.48 Å². The topological polar surface area (TPSA) is 82.2 Å². The molecule has 6 heteroatoms. The number of amides is 1. The number of anilines is 1. The molecule has 2 rings (SSSR count). The average Bonchev–Trinajstić information content (AvgIpc) is 2.87. The Morgan fingerprint density at radius 2 is 2.20 bits per heavy atom. The Morgan fingerprint density at radius 3 is 2.80 bits per heavy atom. The van der Waals surface area contributed by atoms with Crippen LogP contribution in [0.1, 0.15) is 30.2 Å². The Kier molecular flexibility index (Phi) is 3.93. The van der Waals surface area contributed by atoms with E-state index in [-0.39, 0.29) is 11.9 Å². The number of nitrogens with one attached hydrogen (secondary N) is 1. The van der Waals surface area contributed by atoms with E-state index in [4.69, 9.17) is 10.5 Å². The SMILES string of the molecule is CNC(=O)c1ccc(N)cc1Oc1cnn(C(C)C)c1. The lowest BCUT2D eigenvalue weighted by Crippen LogP contribution is -2.18. The molecule has 0 atom stereocenters. The van der Waals surface area contributed by atoms with E-state index in [0.29, 0.717) is 22.7 Å². The third-order valence-electron chi connectivity index (χ3n) is 2.81. The normalized spacial score (nSPS) is 10.6. The Hall–Kier alpha value is -2.50. The second-order valence-corrected chi connectivity index (χ2v) is 4.69. The predicted molar refractivity (Wildman–Crippen MR) is 76.9 cm³/mol. The number of nitrogen functional groups attached to an aromatic ring is 1. The molecule has 0 aliphatic carbocycles. The van der Waals surface area contributed by atoms with Crippen molar-refractivity contribution >= 4 is 11.6 Å². The van der Waals surface area contributed by atoms with Crippen LogP contribution in [0.4, 0.5) is 5.69 Å². The molecule has 0 aliphatic heterocycles. The van der Waals surface area contributed by atoms with Gasteiger partial charge in [-0.1, -0.05) is 0 Å². The number of hydrogen-bond donors (Lipinski definition) is 2. The summed E-state index contributed by atoms with van der Waals surface area (Å²) in [4.78, 5) is 11.8. The highest BCUT2D eigenvalue weighted by Crippen LogP contribution is 2.27. The van der Waals surface area contributed by atoms with Crippen LogP contribution in [-0.2, 0) is 0 Å². The zero-order valence-corrected chi connectivity index (χ0v) is 11.8. The molecule has 1 heterocycles. The molecule has 6 nitrogen and oxygen atoms in total. The lowest BCUT2D eigenvalue weighted by atomic mass is 10.1. The minimum absolute atomic E-state index is 0.226. The van der Waals surface area contributed by atoms with Gasteiger partial charge in [-0.25, -0.2) is 0 Å². The summed E-state index contributed by atoms with van der Waals surface area (Å²) in [5.41, 5.74) is 6.70. The molecule has 3 N–H and O–H groups in total. The van der Waals surface area contributed by atoms with Crippen molar-refractivity contribution in [2.45, 2.75) is 19.9 Å². The molecule has 0 aliphatic rings. The summed E-state index contributed by atoms with van der Waals surface area (Å²) in [5, 5.41) is 6.76. The summed E-state index contributed by atoms with van der Waals surface area (Å²) in [6.45, 7) is 4.04. The van der Waals surface area contributed by atoms with Gasteiger partial charge in [-0.2, -0.15) is 5.10 Å². The first-order chi connectivity index (χ1) is 9.51. The van der Waals surface area contributed by atoms with Crippen LogP contribution in [0.5, 0.6) is 11.5 Å². The monoisotopic (exact) mass is 274 g/mol. The number of ether oxygens (including phenoxy) is 1. The lowest BCUT2D eigenvalue weighted by molar-refractivity contribution is 0.0961. The number of hydrogen-bond acceptors (Lipinski definition) is 4. The van der Waals surface area contributed by atoms with Crippen LogP contribution in [0.3, 0.4) is 0 Å². The number of carbonyl (C=O) groups is 1. The van der Waals surface area contributed by atoms with Gasteiger partial charge in [0.2, 0.25) is 0 Å². The summed E-state index contributed by atoms with van der Waals surface area (Å²) in [5.74, 6) is 0.748. The molecule has 1 amide bonds. The van der Waals surface area contributed by atoms with Crippen LogP contribution in [0.2, 0.25) is 0 Å². The quantitative estimate of drug-likeness (QED) is 0.837. The maximum absolute atomic E-state index is 11.8. The fourth-order valence-electron chi connectivity index (χ4n) is 1.73. The standard InChI is InChI=1S/C14H18N4O2/c1-9(2)18-8-11(7-17-18)20-13-6-10(15)4-5-12(13)14(19)16-3/h4-9H,15H2,1-3H3,(H,16,19). The van der Waals surface area contributed by atoms with E-state index in [1.165, 1.54) is 0 Å². The number of nitrogens with two attached hydrogens (primary N) is 1. The van der Waals surface area contributed by atoms with Crippen molar-refractivity contribution in [1.29, 1.82) is 0 Å². The van der Waals surface area contributed by atoms with Crippen LogP contribution in [-0.4, -0.2) is 22.7 Å². The predicted octanol–water partition coefficient (Wildman–Crippen LogP) is 2.20. The minimum atomic E-state index is -0.226. The number of aromatic nitrogens is 2. The molecule has 20 heavy (non-hydrogen) atoms. The molecule has 106 valence electrons. The van der Waals surface area contributed by atoms with E-state index >= 15 is 0 Å². The van der Waals surface area contributed by atoms with E-state index in [2.05, 4.69) is 10.4 Å². The Bertz CT molecular complexity index is 619. The van der Waals surface area contributed by atoms with Crippen LogP contribution < -0.4 is 15.8 Å². The molecule has 0 radical (unpaired) electrons. The molecular formula is C14H18N4O2. The van der Waals surface area contributed by atoms with Crippen molar-refractivity contribution in [2.75, 3.05) is 12.8 Å². The summed E-state index contributed by atoms with van der Waals surface area (Å²) in [7, 11) is 1.57. The van der Waals surface area contributed by atoms with Crippen molar-refractivity contribution in [1.82, 2.24) is 15.1 Å². The Morgan fingerprint density at radius 1 is 1.45 bits per heavy atom. The van der Waals surface area contributed by atoms with Crippen molar-refractivity contribution in [3.63, 3.8) is 0 Å². The molecule has 2 aromatic rings. The van der Waals surface area contributed by atoms with Crippen LogP contribution in [0, 0.1) is 0 Å². The van der Waals surface area contributed by atoms with Crippen LogP contribution in [0.15, 0.2) is 30.6 Å². The average molecular weight is 274 g/mol. The molecular weight excluding hydrogens is 256 g/mol. The van der Waals surface area contributed by atoms with Gasteiger partial charge < -0.3 is 15.8 Å². The van der Waals surface area contributed by atoms with E-state index in [1.54, 1.807) is 42.3 Å². The molecule has 0 bridgehead atoms. The maximum atomic E-state index is 11.8. The first kappa shape index (κ1) is 13.9. The zero-order valence-electron chi connectivity index (χ0n) is 11.8. The third-order valence-corrected chi connectivity index (χ3v) is 2.81. The summed E-state index contributed by atoms with van der Waals surface area (Å²) in [6, 6.07) is 5.16. The highest BCUT2D eigenvalue weighted by Gasteiger charge is 2.13. The fourth-order valence-corrected chi connectivity index (χ4v) is 1.73. The van der Waals surface area contributed by atoms with Crippen molar-refractivity contribution in [3.8, 4) is 11.5 Å². The van der Waals surface area contributed by atoms with Gasteiger partial charge in [0.05, 0.1) is 18.0 Å². The van der Waals surface area contributed by atoms with Gasteiger partial charge in [0.15, 0.2) is 5.75 Å². The molecule has 1 aromatic carbocycles. The lowest BCUT2D eigenvalue weighted by Gasteiger charge is -2.09.